The number of carbonyl (C=O) groups excluding carboxylic acids is 1. The highest BCUT2D eigenvalue weighted by Gasteiger charge is 2.26. The summed E-state index contributed by atoms with van der Waals surface area (Å²) in [5.74, 6) is -0.328. The predicted molar refractivity (Wildman–Crippen MR) is 96.9 cm³/mol. The fourth-order valence-corrected chi connectivity index (χ4v) is 3.20. The summed E-state index contributed by atoms with van der Waals surface area (Å²) in [6, 6.07) is 12.8. The van der Waals surface area contributed by atoms with Crippen molar-refractivity contribution in [3.05, 3.63) is 70.5 Å². The SMILES string of the molecule is CSc1ccc(C=C2C(C)=C(OC(C)=O)c3cc(F)ccc32)cc1. The van der Waals surface area contributed by atoms with Gasteiger partial charge in [-0.25, -0.2) is 4.39 Å². The number of hydrogen-bond acceptors (Lipinski definition) is 3. The van der Waals surface area contributed by atoms with Crippen LogP contribution in [0.1, 0.15) is 30.5 Å². The lowest BCUT2D eigenvalue weighted by atomic mass is 10.0. The quantitative estimate of drug-likeness (QED) is 0.553. The van der Waals surface area contributed by atoms with E-state index in [0.717, 1.165) is 22.3 Å². The molecule has 0 heterocycles. The fourth-order valence-electron chi connectivity index (χ4n) is 2.79. The van der Waals surface area contributed by atoms with Gasteiger partial charge in [-0.15, -0.1) is 11.8 Å². The second-order valence-electron chi connectivity index (χ2n) is 5.57. The average molecular weight is 340 g/mol. The van der Waals surface area contributed by atoms with Crippen molar-refractivity contribution in [3.63, 3.8) is 0 Å². The van der Waals surface area contributed by atoms with Crippen LogP contribution in [0.5, 0.6) is 0 Å². The molecule has 4 heteroatoms. The van der Waals surface area contributed by atoms with Gasteiger partial charge in [0, 0.05) is 23.0 Å². The number of benzene rings is 2. The molecule has 0 saturated heterocycles. The summed E-state index contributed by atoms with van der Waals surface area (Å²) < 4.78 is 19.0. The van der Waals surface area contributed by atoms with E-state index in [4.69, 9.17) is 4.74 Å². The normalized spacial score (nSPS) is 14.9. The topological polar surface area (TPSA) is 26.3 Å². The molecule has 0 amide bonds. The molecule has 122 valence electrons. The number of carbonyl (C=O) groups is 1. The first-order chi connectivity index (χ1) is 11.5. The van der Waals surface area contributed by atoms with E-state index in [9.17, 15) is 9.18 Å². The van der Waals surface area contributed by atoms with E-state index in [1.807, 2.05) is 31.4 Å². The molecule has 2 nitrogen and oxygen atoms in total. The van der Waals surface area contributed by atoms with Crippen molar-refractivity contribution < 1.29 is 13.9 Å². The van der Waals surface area contributed by atoms with Gasteiger partial charge in [-0.3, -0.25) is 4.79 Å². The van der Waals surface area contributed by atoms with Gasteiger partial charge in [-0.1, -0.05) is 18.2 Å². The molecule has 0 bridgehead atoms. The number of allylic oxidation sites excluding steroid dienone is 2. The molecule has 0 N–H and O–H groups in total. The Morgan fingerprint density at radius 1 is 1.12 bits per heavy atom. The third kappa shape index (κ3) is 3.15. The molecule has 2 aromatic rings. The van der Waals surface area contributed by atoms with Gasteiger partial charge in [0.25, 0.3) is 0 Å². The second kappa shape index (κ2) is 6.65. The molecule has 0 atom stereocenters. The maximum Gasteiger partial charge on any atom is 0.308 e. The van der Waals surface area contributed by atoms with Crippen molar-refractivity contribution in [3.8, 4) is 0 Å². The number of esters is 1. The zero-order valence-electron chi connectivity index (χ0n) is 13.7. The lowest BCUT2D eigenvalue weighted by Gasteiger charge is -2.05. The van der Waals surface area contributed by atoms with Crippen LogP contribution >= 0.6 is 11.8 Å². The predicted octanol–water partition coefficient (Wildman–Crippen LogP) is 5.40. The minimum absolute atomic E-state index is 0.350. The van der Waals surface area contributed by atoms with E-state index in [2.05, 4.69) is 12.1 Å². The van der Waals surface area contributed by atoms with Crippen molar-refractivity contribution in [2.24, 2.45) is 0 Å². The van der Waals surface area contributed by atoms with E-state index in [1.165, 1.54) is 24.0 Å². The average Bonchev–Trinajstić information content (AvgIpc) is 2.80. The molecule has 3 rings (SSSR count). The van der Waals surface area contributed by atoms with Gasteiger partial charge in [0.15, 0.2) is 0 Å². The number of hydrogen-bond donors (Lipinski definition) is 0. The first-order valence-electron chi connectivity index (χ1n) is 7.55. The Bertz CT molecular complexity index is 864. The molecule has 24 heavy (non-hydrogen) atoms. The summed E-state index contributed by atoms with van der Waals surface area (Å²) in [4.78, 5) is 12.6. The van der Waals surface area contributed by atoms with Crippen molar-refractivity contribution in [2.45, 2.75) is 18.7 Å². The Hall–Kier alpha value is -2.33. The first-order valence-corrected chi connectivity index (χ1v) is 8.78. The van der Waals surface area contributed by atoms with Gasteiger partial charge in [0.05, 0.1) is 0 Å². The lowest BCUT2D eigenvalue weighted by molar-refractivity contribution is -0.134. The monoisotopic (exact) mass is 340 g/mol. The van der Waals surface area contributed by atoms with Gasteiger partial charge in [0.2, 0.25) is 0 Å². The summed E-state index contributed by atoms with van der Waals surface area (Å²) in [6.07, 6.45) is 4.07. The third-order valence-corrected chi connectivity index (χ3v) is 4.68. The molecule has 2 aromatic carbocycles. The van der Waals surface area contributed by atoms with Crippen LogP contribution in [-0.4, -0.2) is 12.2 Å². The van der Waals surface area contributed by atoms with Gasteiger partial charge >= 0.3 is 5.97 Å². The van der Waals surface area contributed by atoms with Crippen LogP contribution in [-0.2, 0) is 9.53 Å². The number of ether oxygens (including phenoxy) is 1. The van der Waals surface area contributed by atoms with Crippen molar-refractivity contribution in [1.29, 1.82) is 0 Å². The zero-order chi connectivity index (χ0) is 17.3. The number of fused-ring (bicyclic) bond motifs is 1. The lowest BCUT2D eigenvalue weighted by Crippen LogP contribution is -1.98. The van der Waals surface area contributed by atoms with Crippen LogP contribution in [0.4, 0.5) is 4.39 Å². The zero-order valence-corrected chi connectivity index (χ0v) is 14.5. The Morgan fingerprint density at radius 2 is 1.83 bits per heavy atom. The number of thioether (sulfide) groups is 1. The van der Waals surface area contributed by atoms with Crippen LogP contribution in [0, 0.1) is 5.82 Å². The summed E-state index contributed by atoms with van der Waals surface area (Å²) in [5, 5.41) is 0. The highest BCUT2D eigenvalue weighted by atomic mass is 32.2. The van der Waals surface area contributed by atoms with Crippen LogP contribution < -0.4 is 0 Å². The van der Waals surface area contributed by atoms with Crippen LogP contribution in [0.2, 0.25) is 0 Å². The van der Waals surface area contributed by atoms with Gasteiger partial charge in [-0.2, -0.15) is 0 Å². The molecule has 0 fully saturated rings. The van der Waals surface area contributed by atoms with E-state index >= 15 is 0 Å². The minimum atomic E-state index is -0.412. The van der Waals surface area contributed by atoms with E-state index in [-0.39, 0.29) is 5.82 Å². The second-order valence-corrected chi connectivity index (χ2v) is 6.45. The first kappa shape index (κ1) is 16.5. The third-order valence-electron chi connectivity index (χ3n) is 3.93. The minimum Gasteiger partial charge on any atom is -0.426 e. The fraction of sp³-hybridized carbons (Fsp3) is 0.150. The molecule has 1 aliphatic carbocycles. The number of rotatable bonds is 3. The Kier molecular flexibility index (Phi) is 4.58. The standard InChI is InChI=1S/C20H17FO2S/c1-12-18(10-14-4-7-16(24-3)8-5-14)17-9-6-15(21)11-19(17)20(12)23-13(2)22/h4-11H,1-3H3. The van der Waals surface area contributed by atoms with Crippen molar-refractivity contribution >= 4 is 35.1 Å². The largest absolute Gasteiger partial charge is 0.426 e. The molecule has 0 aromatic heterocycles. The Labute approximate surface area is 145 Å². The maximum atomic E-state index is 13.7. The molecule has 0 aliphatic heterocycles. The van der Waals surface area contributed by atoms with E-state index < -0.39 is 5.97 Å². The van der Waals surface area contributed by atoms with Crippen LogP contribution in [0.3, 0.4) is 0 Å². The molecule has 0 radical (unpaired) electrons. The smallest absolute Gasteiger partial charge is 0.308 e. The van der Waals surface area contributed by atoms with E-state index in [1.54, 1.807) is 17.8 Å². The highest BCUT2D eigenvalue weighted by molar-refractivity contribution is 7.98. The number of halogens is 1. The summed E-state index contributed by atoms with van der Waals surface area (Å²) in [5.41, 5.74) is 4.31. The molecule has 0 spiro atoms. The van der Waals surface area contributed by atoms with Crippen LogP contribution in [0.15, 0.2) is 52.9 Å². The van der Waals surface area contributed by atoms with Gasteiger partial charge in [0.1, 0.15) is 11.6 Å². The summed E-state index contributed by atoms with van der Waals surface area (Å²) in [7, 11) is 0. The van der Waals surface area contributed by atoms with E-state index in [0.29, 0.717) is 11.3 Å². The van der Waals surface area contributed by atoms with Gasteiger partial charge < -0.3 is 4.74 Å². The Morgan fingerprint density at radius 3 is 2.46 bits per heavy atom. The molecular formula is C20H17FO2S. The molecule has 1 aliphatic rings. The van der Waals surface area contributed by atoms with Crippen LogP contribution in [0.25, 0.3) is 17.4 Å². The molecule has 0 saturated carbocycles. The van der Waals surface area contributed by atoms with Gasteiger partial charge in [-0.05, 0) is 60.2 Å². The van der Waals surface area contributed by atoms with Crippen molar-refractivity contribution in [2.75, 3.05) is 6.26 Å². The maximum absolute atomic E-state index is 13.7. The Balaban J connectivity index is 2.11. The van der Waals surface area contributed by atoms with Crippen molar-refractivity contribution in [1.82, 2.24) is 0 Å². The summed E-state index contributed by atoms with van der Waals surface area (Å²) in [6.45, 7) is 3.24. The highest BCUT2D eigenvalue weighted by Crippen LogP contribution is 2.43. The molecular weight excluding hydrogens is 323 g/mol. The molecule has 0 unspecified atom stereocenters. The summed E-state index contributed by atoms with van der Waals surface area (Å²) >= 11 is 1.69.